The van der Waals surface area contributed by atoms with E-state index in [0.717, 1.165) is 11.1 Å². The highest BCUT2D eigenvalue weighted by Gasteiger charge is 2.14. The van der Waals surface area contributed by atoms with Crippen molar-refractivity contribution in [2.75, 3.05) is 5.32 Å². The average molecular weight is 401 g/mol. The lowest BCUT2D eigenvalue weighted by atomic mass is 10.0. The Morgan fingerprint density at radius 2 is 1.61 bits per heavy atom. The summed E-state index contributed by atoms with van der Waals surface area (Å²) in [6.07, 6.45) is 0.129. The summed E-state index contributed by atoms with van der Waals surface area (Å²) in [4.78, 5) is 36.7. The molecule has 0 fully saturated rings. The lowest BCUT2D eigenvalue weighted by Gasteiger charge is -2.11. The molecule has 0 saturated carbocycles. The topological polar surface area (TPSA) is 75.3 Å². The first-order valence-corrected chi connectivity index (χ1v) is 9.56. The van der Waals surface area contributed by atoms with Crippen molar-refractivity contribution in [3.05, 3.63) is 63.7 Å². The van der Waals surface area contributed by atoms with Crippen molar-refractivity contribution in [2.45, 2.75) is 46.6 Å². The fraction of sp³-hybridized carbons (Fsp3) is 0.318. The van der Waals surface area contributed by atoms with Crippen molar-refractivity contribution in [3.8, 4) is 0 Å². The number of nitrogens with one attached hydrogen (secondary N) is 2. The van der Waals surface area contributed by atoms with Gasteiger partial charge in [-0.05, 0) is 63.1 Å². The number of anilines is 1. The number of carbonyl (C=O) groups excluding carboxylic acids is 3. The highest BCUT2D eigenvalue weighted by molar-refractivity contribution is 6.33. The monoisotopic (exact) mass is 400 g/mol. The van der Waals surface area contributed by atoms with Gasteiger partial charge in [0.25, 0.3) is 5.91 Å². The van der Waals surface area contributed by atoms with Crippen LogP contribution in [0, 0.1) is 13.8 Å². The number of Topliss-reactive ketones (excluding diaryl/α,β-unsaturated/α-hetero) is 1. The molecular formula is C22H25ClN2O3. The molecule has 0 bridgehead atoms. The number of rotatable bonds is 7. The van der Waals surface area contributed by atoms with E-state index in [4.69, 9.17) is 11.6 Å². The van der Waals surface area contributed by atoms with Crippen LogP contribution in [0.2, 0.25) is 5.02 Å². The SMILES string of the molecule is Cc1ccc(C(=O)CCC(=O)Nc2cc(C(=O)NC(C)C)ccc2Cl)cc1C. The fourth-order valence-electron chi connectivity index (χ4n) is 2.61. The van der Waals surface area contributed by atoms with Crippen LogP contribution in [-0.4, -0.2) is 23.6 Å². The summed E-state index contributed by atoms with van der Waals surface area (Å²) in [5.41, 5.74) is 3.51. The number of ketones is 1. The number of halogens is 1. The Bertz CT molecular complexity index is 907. The van der Waals surface area contributed by atoms with Gasteiger partial charge in [-0.15, -0.1) is 0 Å². The summed E-state index contributed by atoms with van der Waals surface area (Å²) >= 11 is 6.13. The highest BCUT2D eigenvalue weighted by Crippen LogP contribution is 2.23. The molecule has 0 unspecified atom stereocenters. The molecule has 2 aromatic carbocycles. The van der Waals surface area contributed by atoms with E-state index in [9.17, 15) is 14.4 Å². The van der Waals surface area contributed by atoms with Gasteiger partial charge < -0.3 is 10.6 Å². The third-order valence-corrected chi connectivity index (χ3v) is 4.66. The molecule has 2 aromatic rings. The number of hydrogen-bond acceptors (Lipinski definition) is 3. The summed E-state index contributed by atoms with van der Waals surface area (Å²) in [6, 6.07) is 10.2. The number of carbonyl (C=O) groups is 3. The second-order valence-electron chi connectivity index (χ2n) is 7.09. The first kappa shape index (κ1) is 21.6. The van der Waals surface area contributed by atoms with Crippen molar-refractivity contribution >= 4 is 34.9 Å². The molecule has 2 amide bonds. The van der Waals surface area contributed by atoms with Gasteiger partial charge in [-0.2, -0.15) is 0 Å². The van der Waals surface area contributed by atoms with Crippen LogP contribution in [0.3, 0.4) is 0 Å². The van der Waals surface area contributed by atoms with Gasteiger partial charge in [-0.3, -0.25) is 14.4 Å². The summed E-state index contributed by atoms with van der Waals surface area (Å²) in [5, 5.41) is 5.80. The van der Waals surface area contributed by atoms with E-state index >= 15 is 0 Å². The minimum Gasteiger partial charge on any atom is -0.350 e. The van der Waals surface area contributed by atoms with E-state index in [1.54, 1.807) is 18.2 Å². The van der Waals surface area contributed by atoms with Crippen LogP contribution < -0.4 is 10.6 Å². The van der Waals surface area contributed by atoms with Crippen molar-refractivity contribution in [3.63, 3.8) is 0 Å². The molecule has 0 atom stereocenters. The Labute approximate surface area is 170 Å². The predicted octanol–water partition coefficient (Wildman–Crippen LogP) is 4.70. The van der Waals surface area contributed by atoms with Crippen LogP contribution in [0.15, 0.2) is 36.4 Å². The Hall–Kier alpha value is -2.66. The number of aryl methyl sites for hydroxylation is 2. The molecule has 0 aliphatic carbocycles. The van der Waals surface area contributed by atoms with Crippen LogP contribution in [0.4, 0.5) is 5.69 Å². The van der Waals surface area contributed by atoms with Gasteiger partial charge in [-0.1, -0.05) is 23.7 Å². The maximum Gasteiger partial charge on any atom is 0.251 e. The maximum atomic E-state index is 12.3. The zero-order chi connectivity index (χ0) is 20.8. The lowest BCUT2D eigenvalue weighted by Crippen LogP contribution is -2.30. The molecule has 2 rings (SSSR count). The van der Waals surface area contributed by atoms with Crippen molar-refractivity contribution in [2.24, 2.45) is 0 Å². The number of benzene rings is 2. The molecule has 0 heterocycles. The van der Waals surface area contributed by atoms with Crippen LogP contribution in [-0.2, 0) is 4.79 Å². The number of amides is 2. The van der Waals surface area contributed by atoms with Crippen molar-refractivity contribution in [1.29, 1.82) is 0 Å². The third kappa shape index (κ3) is 5.92. The number of hydrogen-bond donors (Lipinski definition) is 2. The molecule has 5 nitrogen and oxygen atoms in total. The Balaban J connectivity index is 1.99. The van der Waals surface area contributed by atoms with Gasteiger partial charge in [0.2, 0.25) is 5.91 Å². The van der Waals surface area contributed by atoms with Gasteiger partial charge in [-0.25, -0.2) is 0 Å². The van der Waals surface area contributed by atoms with E-state index in [2.05, 4.69) is 10.6 Å². The van der Waals surface area contributed by atoms with E-state index in [1.165, 1.54) is 6.07 Å². The molecule has 0 spiro atoms. The molecule has 0 aliphatic rings. The largest absolute Gasteiger partial charge is 0.350 e. The van der Waals surface area contributed by atoms with Gasteiger partial charge in [0.15, 0.2) is 5.78 Å². The molecule has 6 heteroatoms. The van der Waals surface area contributed by atoms with Crippen LogP contribution >= 0.6 is 11.6 Å². The zero-order valence-corrected chi connectivity index (χ0v) is 17.3. The summed E-state index contributed by atoms with van der Waals surface area (Å²) in [7, 11) is 0. The van der Waals surface area contributed by atoms with E-state index in [1.807, 2.05) is 39.8 Å². The second kappa shape index (κ2) is 9.51. The molecule has 28 heavy (non-hydrogen) atoms. The third-order valence-electron chi connectivity index (χ3n) is 4.33. The van der Waals surface area contributed by atoms with Gasteiger partial charge in [0.1, 0.15) is 0 Å². The molecule has 2 N–H and O–H groups in total. The first-order valence-electron chi connectivity index (χ1n) is 9.18. The van der Waals surface area contributed by atoms with Crippen molar-refractivity contribution < 1.29 is 14.4 Å². The lowest BCUT2D eigenvalue weighted by molar-refractivity contribution is -0.116. The Morgan fingerprint density at radius 1 is 0.929 bits per heavy atom. The summed E-state index contributed by atoms with van der Waals surface area (Å²) in [5.74, 6) is -0.665. The quantitative estimate of drug-likeness (QED) is 0.661. The van der Waals surface area contributed by atoms with Crippen LogP contribution in [0.5, 0.6) is 0 Å². The Morgan fingerprint density at radius 3 is 2.25 bits per heavy atom. The molecule has 0 saturated heterocycles. The minimum atomic E-state index is -0.333. The molecular weight excluding hydrogens is 376 g/mol. The fourth-order valence-corrected chi connectivity index (χ4v) is 2.77. The van der Waals surface area contributed by atoms with Crippen LogP contribution in [0.25, 0.3) is 0 Å². The van der Waals surface area contributed by atoms with Gasteiger partial charge >= 0.3 is 0 Å². The smallest absolute Gasteiger partial charge is 0.251 e. The Kier molecular flexibility index (Phi) is 7.35. The highest BCUT2D eigenvalue weighted by atomic mass is 35.5. The second-order valence-corrected chi connectivity index (χ2v) is 7.50. The minimum absolute atomic E-state index is 0.00218. The van der Waals surface area contributed by atoms with Gasteiger partial charge in [0.05, 0.1) is 10.7 Å². The maximum absolute atomic E-state index is 12.3. The molecule has 0 radical (unpaired) electrons. The average Bonchev–Trinajstić information content (AvgIpc) is 2.63. The summed E-state index contributed by atoms with van der Waals surface area (Å²) < 4.78 is 0. The molecule has 0 aliphatic heterocycles. The zero-order valence-electron chi connectivity index (χ0n) is 16.6. The van der Waals surface area contributed by atoms with Crippen molar-refractivity contribution in [1.82, 2.24) is 5.32 Å². The summed E-state index contributed by atoms with van der Waals surface area (Å²) in [6.45, 7) is 7.66. The first-order chi connectivity index (χ1) is 13.2. The van der Waals surface area contributed by atoms with E-state index in [-0.39, 0.29) is 36.5 Å². The molecule has 0 aromatic heterocycles. The standard InChI is InChI=1S/C22H25ClN2O3/c1-13(2)24-22(28)17-7-8-18(23)19(12-17)25-21(27)10-9-20(26)16-6-5-14(3)15(4)11-16/h5-8,11-13H,9-10H2,1-4H3,(H,24,28)(H,25,27). The predicted molar refractivity (Wildman–Crippen MR) is 112 cm³/mol. The van der Waals surface area contributed by atoms with E-state index < -0.39 is 0 Å². The normalized spacial score (nSPS) is 10.6. The van der Waals surface area contributed by atoms with E-state index in [0.29, 0.717) is 21.8 Å². The molecule has 148 valence electrons. The van der Waals surface area contributed by atoms with Gasteiger partial charge in [0, 0.05) is 30.0 Å². The van der Waals surface area contributed by atoms with Crippen LogP contribution in [0.1, 0.15) is 58.5 Å².